The molecule has 1 unspecified atom stereocenters. The molecule has 140 valence electrons. The first-order valence-electron chi connectivity index (χ1n) is 8.70. The predicted octanol–water partition coefficient (Wildman–Crippen LogP) is 3.23. The van der Waals surface area contributed by atoms with Crippen LogP contribution in [0.4, 0.5) is 0 Å². The van der Waals surface area contributed by atoms with E-state index in [9.17, 15) is 13.2 Å². The molecule has 2 aromatic heterocycles. The van der Waals surface area contributed by atoms with Crippen molar-refractivity contribution in [2.45, 2.75) is 22.8 Å². The number of aromatic nitrogens is 3. The van der Waals surface area contributed by atoms with Crippen molar-refractivity contribution in [2.24, 2.45) is 0 Å². The highest BCUT2D eigenvalue weighted by Gasteiger charge is 2.19. The standard InChI is InChI=1S/C21H17N3O3S/c1-15(16-6-5-11-22-13-16)24-21(25)20-10-9-19(12-17(20)14-23-24)28(26,27)18-7-3-2-4-8-18/h2-15H,1H3. The van der Waals surface area contributed by atoms with Crippen molar-refractivity contribution in [3.05, 3.63) is 95.2 Å². The van der Waals surface area contributed by atoms with E-state index in [4.69, 9.17) is 0 Å². The fraction of sp³-hybridized carbons (Fsp3) is 0.0952. The first kappa shape index (κ1) is 18.1. The zero-order chi connectivity index (χ0) is 19.7. The first-order chi connectivity index (χ1) is 13.5. The van der Waals surface area contributed by atoms with Gasteiger partial charge in [0, 0.05) is 17.8 Å². The van der Waals surface area contributed by atoms with Crippen LogP contribution >= 0.6 is 0 Å². The molecule has 1 atom stereocenters. The first-order valence-corrected chi connectivity index (χ1v) is 10.2. The summed E-state index contributed by atoms with van der Waals surface area (Å²) in [6.45, 7) is 1.87. The lowest BCUT2D eigenvalue weighted by Gasteiger charge is -2.14. The van der Waals surface area contributed by atoms with Gasteiger partial charge in [0.25, 0.3) is 5.56 Å². The Morgan fingerprint density at radius 3 is 2.43 bits per heavy atom. The van der Waals surface area contributed by atoms with E-state index in [1.165, 1.54) is 23.0 Å². The maximum Gasteiger partial charge on any atom is 0.275 e. The number of rotatable bonds is 4. The van der Waals surface area contributed by atoms with Crippen LogP contribution in [0.1, 0.15) is 18.5 Å². The van der Waals surface area contributed by atoms with Crippen molar-refractivity contribution in [3.8, 4) is 0 Å². The summed E-state index contributed by atoms with van der Waals surface area (Å²) in [5.41, 5.74) is 0.581. The molecule has 2 heterocycles. The van der Waals surface area contributed by atoms with Crippen molar-refractivity contribution >= 4 is 20.6 Å². The lowest BCUT2D eigenvalue weighted by atomic mass is 10.1. The average molecular weight is 391 g/mol. The van der Waals surface area contributed by atoms with E-state index in [-0.39, 0.29) is 21.4 Å². The highest BCUT2D eigenvalue weighted by molar-refractivity contribution is 7.91. The molecule has 0 bridgehead atoms. The molecular formula is C21H17N3O3S. The van der Waals surface area contributed by atoms with Crippen molar-refractivity contribution in [2.75, 3.05) is 0 Å². The van der Waals surface area contributed by atoms with Crippen LogP contribution in [0.5, 0.6) is 0 Å². The van der Waals surface area contributed by atoms with Crippen LogP contribution in [-0.2, 0) is 9.84 Å². The van der Waals surface area contributed by atoms with Gasteiger partial charge < -0.3 is 0 Å². The third-order valence-electron chi connectivity index (χ3n) is 4.68. The van der Waals surface area contributed by atoms with E-state index < -0.39 is 9.84 Å². The van der Waals surface area contributed by atoms with Crippen LogP contribution in [0, 0.1) is 0 Å². The van der Waals surface area contributed by atoms with E-state index in [0.29, 0.717) is 10.8 Å². The second-order valence-corrected chi connectivity index (χ2v) is 8.37. The minimum Gasteiger partial charge on any atom is -0.267 e. The molecule has 0 aliphatic rings. The van der Waals surface area contributed by atoms with Crippen LogP contribution in [0.25, 0.3) is 10.8 Å². The van der Waals surface area contributed by atoms with Crippen LogP contribution in [0.15, 0.2) is 93.8 Å². The van der Waals surface area contributed by atoms with Gasteiger partial charge in [0.05, 0.1) is 27.4 Å². The van der Waals surface area contributed by atoms with Crippen molar-refractivity contribution in [1.29, 1.82) is 0 Å². The fourth-order valence-corrected chi connectivity index (χ4v) is 4.40. The second-order valence-electron chi connectivity index (χ2n) is 6.42. The Labute approximate surface area is 162 Å². The second kappa shape index (κ2) is 7.01. The Kier molecular flexibility index (Phi) is 4.52. The number of fused-ring (bicyclic) bond motifs is 1. The maximum absolute atomic E-state index is 12.9. The average Bonchev–Trinajstić information content (AvgIpc) is 2.74. The topological polar surface area (TPSA) is 81.9 Å². The maximum atomic E-state index is 12.9. The summed E-state index contributed by atoms with van der Waals surface area (Å²) < 4.78 is 27.0. The molecule has 6 nitrogen and oxygen atoms in total. The van der Waals surface area contributed by atoms with E-state index in [1.807, 2.05) is 13.0 Å². The van der Waals surface area contributed by atoms with Crippen LogP contribution in [0.3, 0.4) is 0 Å². The van der Waals surface area contributed by atoms with Crippen molar-refractivity contribution in [1.82, 2.24) is 14.8 Å². The monoisotopic (exact) mass is 391 g/mol. The van der Waals surface area contributed by atoms with E-state index in [0.717, 1.165) is 5.56 Å². The van der Waals surface area contributed by atoms with Gasteiger partial charge >= 0.3 is 0 Å². The summed E-state index contributed by atoms with van der Waals surface area (Å²) in [5, 5.41) is 5.16. The summed E-state index contributed by atoms with van der Waals surface area (Å²) in [4.78, 5) is 17.3. The largest absolute Gasteiger partial charge is 0.275 e. The summed E-state index contributed by atoms with van der Waals surface area (Å²) in [5.74, 6) is 0. The molecule has 0 saturated heterocycles. The molecule has 7 heteroatoms. The smallest absolute Gasteiger partial charge is 0.267 e. The zero-order valence-electron chi connectivity index (χ0n) is 15.1. The number of hydrogen-bond donors (Lipinski definition) is 0. The molecule has 2 aromatic carbocycles. The molecule has 0 aliphatic carbocycles. The van der Waals surface area contributed by atoms with Gasteiger partial charge in [-0.1, -0.05) is 24.3 Å². The summed E-state index contributed by atoms with van der Waals surface area (Å²) in [6.07, 6.45) is 4.88. The van der Waals surface area contributed by atoms with E-state index in [2.05, 4.69) is 10.1 Å². The molecular weight excluding hydrogens is 374 g/mol. The summed E-state index contributed by atoms with van der Waals surface area (Å²) >= 11 is 0. The molecule has 0 N–H and O–H groups in total. The van der Waals surface area contributed by atoms with Gasteiger partial charge in [-0.2, -0.15) is 5.10 Å². The molecule has 28 heavy (non-hydrogen) atoms. The fourth-order valence-electron chi connectivity index (χ4n) is 3.09. The van der Waals surface area contributed by atoms with Gasteiger partial charge in [0.15, 0.2) is 0 Å². The third-order valence-corrected chi connectivity index (χ3v) is 6.45. The van der Waals surface area contributed by atoms with Crippen LogP contribution < -0.4 is 5.56 Å². The quantitative estimate of drug-likeness (QED) is 0.533. The van der Waals surface area contributed by atoms with Crippen LogP contribution in [0.2, 0.25) is 0 Å². The lowest BCUT2D eigenvalue weighted by molar-refractivity contribution is 0.535. The zero-order valence-corrected chi connectivity index (χ0v) is 15.9. The highest BCUT2D eigenvalue weighted by atomic mass is 32.2. The Bertz CT molecular complexity index is 1300. The van der Waals surface area contributed by atoms with Crippen molar-refractivity contribution < 1.29 is 8.42 Å². The molecule has 0 saturated carbocycles. The molecule has 4 rings (SSSR count). The minimum atomic E-state index is -3.66. The van der Waals surface area contributed by atoms with Gasteiger partial charge in [-0.25, -0.2) is 13.1 Å². The Morgan fingerprint density at radius 1 is 0.929 bits per heavy atom. The Morgan fingerprint density at radius 2 is 1.71 bits per heavy atom. The lowest BCUT2D eigenvalue weighted by Crippen LogP contribution is -2.26. The molecule has 0 amide bonds. The van der Waals surface area contributed by atoms with E-state index >= 15 is 0 Å². The molecule has 4 aromatic rings. The Hall–Kier alpha value is -3.32. The van der Waals surface area contributed by atoms with Crippen molar-refractivity contribution in [3.63, 3.8) is 0 Å². The summed E-state index contributed by atoms with van der Waals surface area (Å²) in [7, 11) is -3.66. The normalized spacial score (nSPS) is 12.8. The van der Waals surface area contributed by atoms with Gasteiger partial charge in [-0.05, 0) is 48.9 Å². The molecule has 0 fully saturated rings. The third kappa shape index (κ3) is 3.10. The number of hydrogen-bond acceptors (Lipinski definition) is 5. The molecule has 0 spiro atoms. The number of pyridine rings is 1. The van der Waals surface area contributed by atoms with Crippen LogP contribution in [-0.4, -0.2) is 23.2 Å². The SMILES string of the molecule is CC(c1cccnc1)n1ncc2cc(S(=O)(=O)c3ccccc3)ccc2c1=O. The highest BCUT2D eigenvalue weighted by Crippen LogP contribution is 2.23. The number of nitrogens with zero attached hydrogens (tertiary/aromatic N) is 3. The van der Waals surface area contributed by atoms with Gasteiger partial charge in [-0.3, -0.25) is 9.78 Å². The Balaban J connectivity index is 1.80. The number of benzene rings is 2. The molecule has 0 radical (unpaired) electrons. The minimum absolute atomic E-state index is 0.130. The number of sulfone groups is 1. The molecule has 0 aliphatic heterocycles. The van der Waals surface area contributed by atoms with Gasteiger partial charge in [-0.15, -0.1) is 0 Å². The van der Waals surface area contributed by atoms with E-state index in [1.54, 1.807) is 54.9 Å². The summed E-state index contributed by atoms with van der Waals surface area (Å²) in [6, 6.07) is 16.1. The van der Waals surface area contributed by atoms with Gasteiger partial charge in [0.2, 0.25) is 9.84 Å². The van der Waals surface area contributed by atoms with Gasteiger partial charge in [0.1, 0.15) is 0 Å². The predicted molar refractivity (Wildman–Crippen MR) is 106 cm³/mol.